The number of benzene rings is 3. The van der Waals surface area contributed by atoms with Gasteiger partial charge >= 0.3 is 0 Å². The van der Waals surface area contributed by atoms with E-state index in [9.17, 15) is 19.7 Å². The van der Waals surface area contributed by atoms with Crippen LogP contribution in [-0.4, -0.2) is 16.7 Å². The number of non-ortho nitro benzene ring substituents is 1. The van der Waals surface area contributed by atoms with Gasteiger partial charge in [0.2, 0.25) is 0 Å². The summed E-state index contributed by atoms with van der Waals surface area (Å²) in [5.74, 6) is -0.258. The maximum Gasteiger partial charge on any atom is 0.270 e. The quantitative estimate of drug-likeness (QED) is 0.216. The van der Waals surface area contributed by atoms with E-state index in [1.807, 2.05) is 30.3 Å². The van der Waals surface area contributed by atoms with Crippen molar-refractivity contribution in [2.24, 2.45) is 0 Å². The summed E-state index contributed by atoms with van der Waals surface area (Å²) in [6.45, 7) is 0.273. The molecule has 0 unspecified atom stereocenters. The summed E-state index contributed by atoms with van der Waals surface area (Å²) in [4.78, 5) is 36.3. The molecular weight excluding hydrogens is 446 g/mol. The number of nitro groups is 1. The number of furan rings is 1. The number of carbonyl (C=O) groups is 2. The van der Waals surface area contributed by atoms with Gasteiger partial charge in [-0.2, -0.15) is 0 Å². The lowest BCUT2D eigenvalue weighted by Crippen LogP contribution is -2.34. The van der Waals surface area contributed by atoms with Crippen LogP contribution in [0.2, 0.25) is 0 Å². The van der Waals surface area contributed by atoms with Crippen molar-refractivity contribution in [3.05, 3.63) is 130 Å². The Balaban J connectivity index is 1.59. The minimum Gasteiger partial charge on any atom is -0.457 e. The lowest BCUT2D eigenvalue weighted by molar-refractivity contribution is -0.384. The number of nitro benzene ring substituents is 1. The molecule has 0 radical (unpaired) electrons. The highest BCUT2D eigenvalue weighted by atomic mass is 16.6. The summed E-state index contributed by atoms with van der Waals surface area (Å²) in [5.41, 5.74) is 1.75. The fraction of sp³-hybridized carbons (Fsp3) is 0.0370. The van der Waals surface area contributed by atoms with Gasteiger partial charge in [-0.3, -0.25) is 19.7 Å². The molecule has 8 heteroatoms. The van der Waals surface area contributed by atoms with Gasteiger partial charge in [0.1, 0.15) is 17.2 Å². The number of rotatable bonds is 8. The van der Waals surface area contributed by atoms with Gasteiger partial charge in [-0.05, 0) is 29.8 Å². The van der Waals surface area contributed by atoms with E-state index >= 15 is 0 Å². The zero-order chi connectivity index (χ0) is 24.6. The Morgan fingerprint density at radius 3 is 2.31 bits per heavy atom. The van der Waals surface area contributed by atoms with E-state index in [1.54, 1.807) is 54.6 Å². The molecular formula is C27H21N3O5. The van der Waals surface area contributed by atoms with E-state index in [1.165, 1.54) is 18.2 Å². The Bertz CT molecular complexity index is 1380. The second kappa shape index (κ2) is 10.8. The molecule has 3 aromatic carbocycles. The predicted octanol–water partition coefficient (Wildman–Crippen LogP) is 4.94. The SMILES string of the molecule is O=C(NCc1ccccc1)/C(=C\c1ccc(-c2cccc([N+](=O)[O-])c2)o1)NC(=O)c1ccccc1. The van der Waals surface area contributed by atoms with Crippen LogP contribution in [0, 0.1) is 10.1 Å². The topological polar surface area (TPSA) is 114 Å². The minimum atomic E-state index is -0.494. The molecule has 0 atom stereocenters. The molecule has 0 aliphatic heterocycles. The predicted molar refractivity (Wildman–Crippen MR) is 131 cm³/mol. The first-order valence-electron chi connectivity index (χ1n) is 10.7. The van der Waals surface area contributed by atoms with Crippen molar-refractivity contribution < 1.29 is 18.9 Å². The Labute approximate surface area is 201 Å². The summed E-state index contributed by atoms with van der Waals surface area (Å²) in [6, 6.07) is 27.2. The molecule has 0 aliphatic rings. The molecule has 8 nitrogen and oxygen atoms in total. The van der Waals surface area contributed by atoms with Crippen molar-refractivity contribution in [2.75, 3.05) is 0 Å². The summed E-state index contributed by atoms with van der Waals surface area (Å²) in [7, 11) is 0. The van der Waals surface area contributed by atoms with Crippen molar-refractivity contribution in [3.8, 4) is 11.3 Å². The molecule has 1 heterocycles. The molecule has 35 heavy (non-hydrogen) atoms. The number of nitrogens with zero attached hydrogens (tertiary/aromatic N) is 1. The summed E-state index contributed by atoms with van der Waals surface area (Å²) < 4.78 is 5.80. The second-order valence-corrected chi connectivity index (χ2v) is 7.56. The highest BCUT2D eigenvalue weighted by Gasteiger charge is 2.16. The van der Waals surface area contributed by atoms with Crippen molar-refractivity contribution in [3.63, 3.8) is 0 Å². The van der Waals surface area contributed by atoms with Crippen LogP contribution in [0.15, 0.2) is 107 Å². The smallest absolute Gasteiger partial charge is 0.270 e. The van der Waals surface area contributed by atoms with E-state index in [4.69, 9.17) is 4.42 Å². The van der Waals surface area contributed by atoms with Crippen molar-refractivity contribution in [1.82, 2.24) is 10.6 Å². The summed E-state index contributed by atoms with van der Waals surface area (Å²) in [6.07, 6.45) is 1.42. The molecule has 1 aromatic heterocycles. The van der Waals surface area contributed by atoms with Gasteiger partial charge < -0.3 is 15.1 Å². The fourth-order valence-electron chi connectivity index (χ4n) is 3.32. The molecule has 4 rings (SSSR count). The molecule has 0 saturated heterocycles. The lowest BCUT2D eigenvalue weighted by Gasteiger charge is -2.11. The molecule has 0 bridgehead atoms. The van der Waals surface area contributed by atoms with Crippen LogP contribution in [-0.2, 0) is 11.3 Å². The molecule has 174 valence electrons. The Morgan fingerprint density at radius 2 is 1.60 bits per heavy atom. The third-order valence-corrected chi connectivity index (χ3v) is 5.08. The zero-order valence-corrected chi connectivity index (χ0v) is 18.5. The van der Waals surface area contributed by atoms with Crippen LogP contribution in [0.1, 0.15) is 21.7 Å². The highest BCUT2D eigenvalue weighted by Crippen LogP contribution is 2.26. The standard InChI is InChI=1S/C27H21N3O5/c31-26(20-10-5-2-6-11-20)29-24(27(32)28-18-19-8-3-1-4-9-19)17-23-14-15-25(35-23)21-12-7-13-22(16-21)30(33)34/h1-17H,18H2,(H,28,32)(H,29,31)/b24-17+. The number of hydrogen-bond acceptors (Lipinski definition) is 5. The number of carbonyl (C=O) groups excluding carboxylic acids is 2. The van der Waals surface area contributed by atoms with Crippen LogP contribution >= 0.6 is 0 Å². The second-order valence-electron chi connectivity index (χ2n) is 7.56. The lowest BCUT2D eigenvalue weighted by atomic mass is 10.1. The van der Waals surface area contributed by atoms with Crippen molar-refractivity contribution >= 4 is 23.6 Å². The molecule has 2 amide bonds. The monoisotopic (exact) mass is 467 g/mol. The first kappa shape index (κ1) is 23.2. The average Bonchev–Trinajstić information content (AvgIpc) is 3.36. The van der Waals surface area contributed by atoms with Crippen LogP contribution in [0.25, 0.3) is 17.4 Å². The normalized spacial score (nSPS) is 11.0. The minimum absolute atomic E-state index is 0.00488. The maximum absolute atomic E-state index is 13.0. The largest absolute Gasteiger partial charge is 0.457 e. The molecule has 4 aromatic rings. The third kappa shape index (κ3) is 6.08. The zero-order valence-electron chi connectivity index (χ0n) is 18.5. The first-order valence-corrected chi connectivity index (χ1v) is 10.7. The molecule has 0 saturated carbocycles. The first-order chi connectivity index (χ1) is 17.0. The van der Waals surface area contributed by atoms with E-state index in [-0.39, 0.29) is 17.9 Å². The molecule has 0 aliphatic carbocycles. The third-order valence-electron chi connectivity index (χ3n) is 5.08. The summed E-state index contributed by atoms with van der Waals surface area (Å²) in [5, 5.41) is 16.5. The fourth-order valence-corrected chi connectivity index (χ4v) is 3.32. The van der Waals surface area contributed by atoms with E-state index in [2.05, 4.69) is 10.6 Å². The number of nitrogens with one attached hydrogen (secondary N) is 2. The van der Waals surface area contributed by atoms with Gasteiger partial charge in [0, 0.05) is 35.9 Å². The van der Waals surface area contributed by atoms with E-state index in [0.717, 1.165) is 5.56 Å². The van der Waals surface area contributed by atoms with Crippen LogP contribution < -0.4 is 10.6 Å². The van der Waals surface area contributed by atoms with Gasteiger partial charge in [-0.1, -0.05) is 60.7 Å². The Morgan fingerprint density at radius 1 is 0.886 bits per heavy atom. The van der Waals surface area contributed by atoms with E-state index in [0.29, 0.717) is 22.6 Å². The van der Waals surface area contributed by atoms with Gasteiger partial charge in [-0.15, -0.1) is 0 Å². The van der Waals surface area contributed by atoms with Crippen molar-refractivity contribution in [1.29, 1.82) is 0 Å². The van der Waals surface area contributed by atoms with Gasteiger partial charge in [0.25, 0.3) is 17.5 Å². The Hall–Kier alpha value is -4.98. The van der Waals surface area contributed by atoms with Gasteiger partial charge in [-0.25, -0.2) is 0 Å². The summed E-state index contributed by atoms with van der Waals surface area (Å²) >= 11 is 0. The Kier molecular flexibility index (Phi) is 7.13. The molecule has 0 fully saturated rings. The van der Waals surface area contributed by atoms with Gasteiger partial charge in [0.15, 0.2) is 0 Å². The van der Waals surface area contributed by atoms with Crippen molar-refractivity contribution in [2.45, 2.75) is 6.54 Å². The van der Waals surface area contributed by atoms with Crippen LogP contribution in [0.5, 0.6) is 0 Å². The van der Waals surface area contributed by atoms with Crippen LogP contribution in [0.4, 0.5) is 5.69 Å². The highest BCUT2D eigenvalue weighted by molar-refractivity contribution is 6.05. The average molecular weight is 467 g/mol. The number of amides is 2. The van der Waals surface area contributed by atoms with Gasteiger partial charge in [0.05, 0.1) is 4.92 Å². The van der Waals surface area contributed by atoms with Crippen LogP contribution in [0.3, 0.4) is 0 Å². The maximum atomic E-state index is 13.0. The molecule has 0 spiro atoms. The number of hydrogen-bond donors (Lipinski definition) is 2. The van der Waals surface area contributed by atoms with E-state index < -0.39 is 16.7 Å². The molecule has 2 N–H and O–H groups in total.